The molecule has 0 aliphatic carbocycles. The fraction of sp³-hybridized carbons (Fsp3) is 0.611. The lowest BCUT2D eigenvalue weighted by molar-refractivity contribution is 0.0816. The quantitative estimate of drug-likeness (QED) is 0.645. The zero-order valence-electron chi connectivity index (χ0n) is 13.8. The van der Waals surface area contributed by atoms with Gasteiger partial charge in [0.05, 0.1) is 18.3 Å². The fourth-order valence-corrected chi connectivity index (χ4v) is 3.20. The summed E-state index contributed by atoms with van der Waals surface area (Å²) in [6, 6.07) is 5.37. The van der Waals surface area contributed by atoms with Gasteiger partial charge in [-0.15, -0.1) is 0 Å². The molecule has 0 bridgehead atoms. The average Bonchev–Trinajstić information content (AvgIpc) is 2.79. The molecule has 1 aliphatic heterocycles. The Morgan fingerprint density at radius 3 is 2.45 bits per heavy atom. The van der Waals surface area contributed by atoms with Crippen molar-refractivity contribution >= 4 is 11.5 Å². The molecule has 1 aromatic carbocycles. The number of nitrogens with zero attached hydrogens (tertiary/aromatic N) is 1. The number of rotatable bonds is 6. The normalized spacial score (nSPS) is 17.7. The van der Waals surface area contributed by atoms with E-state index in [1.54, 1.807) is 12.1 Å². The molecular weight excluding hydrogens is 276 g/mol. The molecule has 1 heterocycles. The van der Waals surface area contributed by atoms with Gasteiger partial charge < -0.3 is 10.5 Å². The van der Waals surface area contributed by atoms with Gasteiger partial charge in [0.15, 0.2) is 5.78 Å². The van der Waals surface area contributed by atoms with Crippen LogP contribution in [0.25, 0.3) is 0 Å². The molecule has 1 atom stereocenters. The highest BCUT2D eigenvalue weighted by Crippen LogP contribution is 2.25. The molecule has 0 spiro atoms. The van der Waals surface area contributed by atoms with Crippen LogP contribution in [0, 0.1) is 0 Å². The lowest BCUT2D eigenvalue weighted by Crippen LogP contribution is -2.41. The summed E-state index contributed by atoms with van der Waals surface area (Å²) < 4.78 is 5.44. The highest BCUT2D eigenvalue weighted by atomic mass is 16.5. The van der Waals surface area contributed by atoms with Gasteiger partial charge in [0.1, 0.15) is 5.75 Å². The van der Waals surface area contributed by atoms with E-state index in [9.17, 15) is 4.79 Å². The number of ether oxygens (including phenoxy) is 1. The zero-order valence-corrected chi connectivity index (χ0v) is 13.8. The minimum atomic E-state index is -0.0320. The van der Waals surface area contributed by atoms with Gasteiger partial charge in [-0.25, -0.2) is 0 Å². The van der Waals surface area contributed by atoms with E-state index in [4.69, 9.17) is 10.5 Å². The molecule has 1 aliphatic rings. The standard InChI is InChI=1S/C18H28N2O2/c1-3-16(20-11-7-5-6-8-12-20)18(21)14-9-10-17(22-4-2)15(19)13-14/h9-10,13,16H,3-8,11-12,19H2,1-2H3. The Morgan fingerprint density at radius 2 is 1.91 bits per heavy atom. The van der Waals surface area contributed by atoms with Gasteiger partial charge in [-0.1, -0.05) is 19.8 Å². The second-order valence-corrected chi connectivity index (χ2v) is 5.92. The molecule has 4 heteroatoms. The highest BCUT2D eigenvalue weighted by molar-refractivity contribution is 6.01. The summed E-state index contributed by atoms with van der Waals surface area (Å²) in [7, 11) is 0. The van der Waals surface area contributed by atoms with Crippen LogP contribution in [0.2, 0.25) is 0 Å². The predicted octanol–water partition coefficient (Wildman–Crippen LogP) is 3.50. The molecule has 2 N–H and O–H groups in total. The largest absolute Gasteiger partial charge is 0.492 e. The van der Waals surface area contributed by atoms with Crippen LogP contribution in [0.5, 0.6) is 5.75 Å². The summed E-state index contributed by atoms with van der Waals surface area (Å²) in [4.78, 5) is 15.2. The van der Waals surface area contributed by atoms with E-state index < -0.39 is 0 Å². The van der Waals surface area contributed by atoms with Crippen LogP contribution in [0.4, 0.5) is 5.69 Å². The third-order valence-corrected chi connectivity index (χ3v) is 4.36. The molecule has 22 heavy (non-hydrogen) atoms. The van der Waals surface area contributed by atoms with Gasteiger partial charge in [-0.3, -0.25) is 9.69 Å². The Balaban J connectivity index is 2.15. The molecule has 122 valence electrons. The molecule has 0 saturated carbocycles. The summed E-state index contributed by atoms with van der Waals surface area (Å²) in [5.74, 6) is 0.834. The Kier molecular flexibility index (Phi) is 6.25. The first kappa shape index (κ1) is 16.8. The highest BCUT2D eigenvalue weighted by Gasteiger charge is 2.26. The summed E-state index contributed by atoms with van der Waals surface area (Å²) in [6.45, 7) is 6.63. The second kappa shape index (κ2) is 8.18. The maximum atomic E-state index is 12.9. The van der Waals surface area contributed by atoms with Gasteiger partial charge in [-0.05, 0) is 57.5 Å². The van der Waals surface area contributed by atoms with E-state index in [-0.39, 0.29) is 11.8 Å². The number of benzene rings is 1. The number of anilines is 1. The summed E-state index contributed by atoms with van der Waals surface area (Å²) in [5, 5.41) is 0. The summed E-state index contributed by atoms with van der Waals surface area (Å²) >= 11 is 0. The smallest absolute Gasteiger partial charge is 0.180 e. The first-order valence-corrected chi connectivity index (χ1v) is 8.48. The van der Waals surface area contributed by atoms with Gasteiger partial charge in [0, 0.05) is 5.56 Å². The third kappa shape index (κ3) is 4.01. The molecule has 0 amide bonds. The Hall–Kier alpha value is -1.55. The van der Waals surface area contributed by atoms with Crippen molar-refractivity contribution in [3.05, 3.63) is 23.8 Å². The van der Waals surface area contributed by atoms with Crippen LogP contribution >= 0.6 is 0 Å². The van der Waals surface area contributed by atoms with Gasteiger partial charge in [-0.2, -0.15) is 0 Å². The van der Waals surface area contributed by atoms with E-state index in [1.165, 1.54) is 25.7 Å². The fourth-order valence-electron chi connectivity index (χ4n) is 3.20. The number of hydrogen-bond acceptors (Lipinski definition) is 4. The Morgan fingerprint density at radius 1 is 1.23 bits per heavy atom. The maximum absolute atomic E-state index is 12.9. The maximum Gasteiger partial charge on any atom is 0.180 e. The van der Waals surface area contributed by atoms with E-state index in [0.717, 1.165) is 19.5 Å². The van der Waals surface area contributed by atoms with E-state index in [2.05, 4.69) is 11.8 Å². The first-order valence-electron chi connectivity index (χ1n) is 8.48. The van der Waals surface area contributed by atoms with Gasteiger partial charge in [0.2, 0.25) is 0 Å². The number of carbonyl (C=O) groups excluding carboxylic acids is 1. The molecule has 1 fully saturated rings. The van der Waals surface area contributed by atoms with Crippen LogP contribution in [-0.2, 0) is 0 Å². The van der Waals surface area contributed by atoms with Gasteiger partial charge >= 0.3 is 0 Å². The Labute approximate surface area is 133 Å². The van der Waals surface area contributed by atoms with Crippen molar-refractivity contribution in [1.82, 2.24) is 4.90 Å². The van der Waals surface area contributed by atoms with Crippen LogP contribution in [0.1, 0.15) is 56.3 Å². The third-order valence-electron chi connectivity index (χ3n) is 4.36. The first-order chi connectivity index (χ1) is 10.7. The molecule has 4 nitrogen and oxygen atoms in total. The minimum absolute atomic E-state index is 0.0320. The van der Waals surface area contributed by atoms with Gasteiger partial charge in [0.25, 0.3) is 0 Å². The number of likely N-dealkylation sites (tertiary alicyclic amines) is 1. The van der Waals surface area contributed by atoms with Crippen LogP contribution in [0.3, 0.4) is 0 Å². The van der Waals surface area contributed by atoms with Crippen molar-refractivity contribution in [1.29, 1.82) is 0 Å². The van der Waals surface area contributed by atoms with Crippen molar-refractivity contribution in [2.45, 2.75) is 52.0 Å². The lowest BCUT2D eigenvalue weighted by Gasteiger charge is -2.28. The molecule has 1 aromatic rings. The SMILES string of the molecule is CCOc1ccc(C(=O)C(CC)N2CCCCCC2)cc1N. The van der Waals surface area contributed by atoms with E-state index in [0.29, 0.717) is 23.6 Å². The molecule has 1 unspecified atom stereocenters. The van der Waals surface area contributed by atoms with E-state index >= 15 is 0 Å². The molecule has 0 radical (unpaired) electrons. The number of carbonyl (C=O) groups is 1. The Bertz CT molecular complexity index is 494. The van der Waals surface area contributed by atoms with Crippen LogP contribution in [-0.4, -0.2) is 36.4 Å². The predicted molar refractivity (Wildman–Crippen MR) is 90.5 cm³/mol. The summed E-state index contributed by atoms with van der Waals surface area (Å²) in [6.07, 6.45) is 5.77. The number of ketones is 1. The van der Waals surface area contributed by atoms with Crippen LogP contribution < -0.4 is 10.5 Å². The zero-order chi connectivity index (χ0) is 15.9. The number of nitrogen functional groups attached to an aromatic ring is 1. The summed E-state index contributed by atoms with van der Waals surface area (Å²) in [5.41, 5.74) is 7.23. The lowest BCUT2D eigenvalue weighted by atomic mass is 9.99. The van der Waals surface area contributed by atoms with Crippen molar-refractivity contribution in [2.24, 2.45) is 0 Å². The molecule has 1 saturated heterocycles. The molecule has 0 aromatic heterocycles. The van der Waals surface area contributed by atoms with Crippen molar-refractivity contribution in [3.8, 4) is 5.75 Å². The number of Topliss-reactive ketones (excluding diaryl/α,β-unsaturated/α-hetero) is 1. The topological polar surface area (TPSA) is 55.6 Å². The van der Waals surface area contributed by atoms with Crippen molar-refractivity contribution in [2.75, 3.05) is 25.4 Å². The van der Waals surface area contributed by atoms with Crippen LogP contribution in [0.15, 0.2) is 18.2 Å². The average molecular weight is 304 g/mol. The minimum Gasteiger partial charge on any atom is -0.492 e. The number of nitrogens with two attached hydrogens (primary N) is 1. The van der Waals surface area contributed by atoms with E-state index in [1.807, 2.05) is 13.0 Å². The second-order valence-electron chi connectivity index (χ2n) is 5.92. The number of hydrogen-bond donors (Lipinski definition) is 1. The molecular formula is C18H28N2O2. The van der Waals surface area contributed by atoms with Crippen molar-refractivity contribution in [3.63, 3.8) is 0 Å². The monoisotopic (exact) mass is 304 g/mol. The van der Waals surface area contributed by atoms with Crippen molar-refractivity contribution < 1.29 is 9.53 Å². The molecule has 2 rings (SSSR count).